The van der Waals surface area contributed by atoms with Crippen molar-refractivity contribution in [2.45, 2.75) is 32.5 Å². The number of hydrogen-bond acceptors (Lipinski definition) is 4. The molecule has 1 aromatic heterocycles. The fourth-order valence-electron chi connectivity index (χ4n) is 5.29. The molecule has 4 aromatic rings. The van der Waals surface area contributed by atoms with E-state index in [1.807, 2.05) is 36.4 Å². The van der Waals surface area contributed by atoms with Gasteiger partial charge >= 0.3 is 5.69 Å². The number of anilines is 1. The van der Waals surface area contributed by atoms with Gasteiger partial charge in [0.05, 0.1) is 22.9 Å². The Morgan fingerprint density at radius 1 is 0.976 bits per heavy atom. The van der Waals surface area contributed by atoms with E-state index in [0.29, 0.717) is 51.5 Å². The summed E-state index contributed by atoms with van der Waals surface area (Å²) in [6, 6.07) is 19.8. The number of halogens is 2. The van der Waals surface area contributed by atoms with Crippen molar-refractivity contribution >= 4 is 50.9 Å². The predicted molar refractivity (Wildman–Crippen MR) is 158 cm³/mol. The molecule has 3 amide bonds. The quantitative estimate of drug-likeness (QED) is 0.337. The Hall–Kier alpha value is -4.15. The Bertz CT molecular complexity index is 1760. The van der Waals surface area contributed by atoms with Gasteiger partial charge in [-0.25, -0.2) is 4.79 Å². The van der Waals surface area contributed by atoms with Gasteiger partial charge in [-0.15, -0.1) is 0 Å². The molecule has 0 saturated heterocycles. The van der Waals surface area contributed by atoms with Crippen LogP contribution >= 0.6 is 27.5 Å². The molecular formula is C30H25BrClN5O4. The fourth-order valence-corrected chi connectivity index (χ4v) is 5.72. The number of carbonyl (C=O) groups excluding carboxylic acids is 3. The third-order valence-corrected chi connectivity index (χ3v) is 8.62. The van der Waals surface area contributed by atoms with Gasteiger partial charge in [-0.3, -0.25) is 23.5 Å². The van der Waals surface area contributed by atoms with Crippen molar-refractivity contribution in [3.63, 3.8) is 0 Å². The summed E-state index contributed by atoms with van der Waals surface area (Å²) in [6.07, 6.45) is 0.879. The molecule has 6 rings (SSSR count). The largest absolute Gasteiger partial charge is 0.347 e. The van der Waals surface area contributed by atoms with Crippen molar-refractivity contribution in [2.75, 3.05) is 11.9 Å². The number of nitrogens with one attached hydrogen (secondary N) is 2. The summed E-state index contributed by atoms with van der Waals surface area (Å²) in [5, 5.41) is 6.22. The van der Waals surface area contributed by atoms with Crippen LogP contribution < -0.4 is 16.3 Å². The van der Waals surface area contributed by atoms with Crippen LogP contribution in [0.5, 0.6) is 0 Å². The number of fused-ring (bicyclic) bond motifs is 2. The Kier molecular flexibility index (Phi) is 7.27. The van der Waals surface area contributed by atoms with E-state index in [2.05, 4.69) is 26.6 Å². The Morgan fingerprint density at radius 2 is 1.78 bits per heavy atom. The number of aryl methyl sites for hydroxylation is 1. The molecule has 0 aliphatic carbocycles. The standard InChI is InChI=1S/C30H25BrClN5O4/c31-22-9-6-20(15-23(22)32)29(40)35-12-13-36-25(17-35)27(28(39)33-16-18-4-2-1-3-5-18)37(30(36)41)21-8-10-24-19(14-21)7-11-26(38)34-24/h1-6,8-10,14-15H,7,11-13,16-17H2,(H,33,39)(H,34,38). The Morgan fingerprint density at radius 3 is 2.56 bits per heavy atom. The number of nitrogens with zero attached hydrogens (tertiary/aromatic N) is 3. The fraction of sp³-hybridized carbons (Fsp3) is 0.200. The lowest BCUT2D eigenvalue weighted by Gasteiger charge is -2.28. The number of rotatable bonds is 5. The minimum atomic E-state index is -0.424. The maximum absolute atomic E-state index is 13.8. The van der Waals surface area contributed by atoms with Gasteiger partial charge in [0.25, 0.3) is 11.8 Å². The van der Waals surface area contributed by atoms with Crippen LogP contribution in [0.25, 0.3) is 5.69 Å². The van der Waals surface area contributed by atoms with Crippen molar-refractivity contribution in [1.29, 1.82) is 0 Å². The van der Waals surface area contributed by atoms with Crippen LogP contribution in [-0.2, 0) is 30.8 Å². The van der Waals surface area contributed by atoms with Crippen molar-refractivity contribution in [2.24, 2.45) is 0 Å². The van der Waals surface area contributed by atoms with Gasteiger partial charge in [0.15, 0.2) is 0 Å². The lowest BCUT2D eigenvalue weighted by molar-refractivity contribution is -0.116. The highest BCUT2D eigenvalue weighted by Gasteiger charge is 2.32. The Balaban J connectivity index is 1.40. The average Bonchev–Trinajstić information content (AvgIpc) is 3.28. The molecule has 0 radical (unpaired) electrons. The summed E-state index contributed by atoms with van der Waals surface area (Å²) in [6.45, 7) is 0.875. The van der Waals surface area contributed by atoms with Crippen LogP contribution in [0.15, 0.2) is 76.0 Å². The molecule has 3 heterocycles. The van der Waals surface area contributed by atoms with Crippen molar-refractivity contribution in [3.05, 3.63) is 115 Å². The highest BCUT2D eigenvalue weighted by Crippen LogP contribution is 2.28. The van der Waals surface area contributed by atoms with Crippen molar-refractivity contribution < 1.29 is 14.4 Å². The van der Waals surface area contributed by atoms with Gasteiger partial charge in [0, 0.05) is 41.8 Å². The minimum absolute atomic E-state index is 0.0560. The highest BCUT2D eigenvalue weighted by atomic mass is 79.9. The number of aromatic nitrogens is 2. The number of carbonyl (C=O) groups is 3. The van der Waals surface area contributed by atoms with E-state index >= 15 is 0 Å². The molecule has 2 aliphatic rings. The molecule has 208 valence electrons. The maximum atomic E-state index is 13.8. The number of hydrogen-bond donors (Lipinski definition) is 2. The molecule has 9 nitrogen and oxygen atoms in total. The van der Waals surface area contributed by atoms with Gasteiger partial charge < -0.3 is 15.5 Å². The van der Waals surface area contributed by atoms with Gasteiger partial charge in [0.2, 0.25) is 5.91 Å². The first-order chi connectivity index (χ1) is 19.8. The average molecular weight is 635 g/mol. The molecule has 3 aromatic carbocycles. The predicted octanol–water partition coefficient (Wildman–Crippen LogP) is 4.53. The highest BCUT2D eigenvalue weighted by molar-refractivity contribution is 9.10. The molecule has 2 aliphatic heterocycles. The van der Waals surface area contributed by atoms with Crippen LogP contribution in [0.1, 0.15) is 44.1 Å². The maximum Gasteiger partial charge on any atom is 0.333 e. The zero-order valence-electron chi connectivity index (χ0n) is 21.8. The number of benzene rings is 3. The summed E-state index contributed by atoms with van der Waals surface area (Å²) < 4.78 is 3.66. The third-order valence-electron chi connectivity index (χ3n) is 7.39. The first kappa shape index (κ1) is 27.0. The van der Waals surface area contributed by atoms with Crippen LogP contribution in [-0.4, -0.2) is 38.3 Å². The lowest BCUT2D eigenvalue weighted by atomic mass is 10.0. The van der Waals surface area contributed by atoms with Crippen LogP contribution in [0.4, 0.5) is 5.69 Å². The summed E-state index contributed by atoms with van der Waals surface area (Å²) in [4.78, 5) is 54.5. The summed E-state index contributed by atoms with van der Waals surface area (Å²) in [5.41, 5.74) is 3.71. The van der Waals surface area contributed by atoms with E-state index in [-0.39, 0.29) is 42.8 Å². The molecule has 0 atom stereocenters. The second-order valence-corrected chi connectivity index (χ2v) is 11.2. The lowest BCUT2D eigenvalue weighted by Crippen LogP contribution is -2.41. The van der Waals surface area contributed by atoms with E-state index in [1.165, 1.54) is 4.57 Å². The summed E-state index contributed by atoms with van der Waals surface area (Å²) in [5.74, 6) is -0.725. The van der Waals surface area contributed by atoms with Crippen LogP contribution in [0.2, 0.25) is 5.02 Å². The molecule has 41 heavy (non-hydrogen) atoms. The van der Waals surface area contributed by atoms with Gasteiger partial charge in [-0.1, -0.05) is 41.9 Å². The zero-order valence-corrected chi connectivity index (χ0v) is 24.2. The third kappa shape index (κ3) is 5.20. The molecule has 2 N–H and O–H groups in total. The SMILES string of the molecule is O=C1CCc2cc(-n3c(C(=O)NCc4ccccc4)c4n(c3=O)CCN(C(=O)c3ccc(Br)c(Cl)c3)C4)ccc2N1. The molecule has 0 unspecified atom stereocenters. The zero-order chi connectivity index (χ0) is 28.7. The topological polar surface area (TPSA) is 105 Å². The first-order valence-corrected chi connectivity index (χ1v) is 14.3. The number of amides is 3. The van der Waals surface area contributed by atoms with Crippen LogP contribution in [0, 0.1) is 0 Å². The van der Waals surface area contributed by atoms with Crippen molar-refractivity contribution in [3.8, 4) is 5.69 Å². The number of imidazole rings is 1. The smallest absolute Gasteiger partial charge is 0.333 e. The van der Waals surface area contributed by atoms with Gasteiger partial charge in [-0.05, 0) is 69.9 Å². The molecule has 0 saturated carbocycles. The van der Waals surface area contributed by atoms with E-state index < -0.39 is 5.91 Å². The van der Waals surface area contributed by atoms with Gasteiger partial charge in [-0.2, -0.15) is 0 Å². The molecule has 0 fully saturated rings. The van der Waals surface area contributed by atoms with E-state index in [1.54, 1.807) is 39.8 Å². The normalized spacial score (nSPS) is 14.2. The minimum Gasteiger partial charge on any atom is -0.347 e. The summed E-state index contributed by atoms with van der Waals surface area (Å²) >= 11 is 9.59. The second-order valence-electron chi connectivity index (χ2n) is 9.98. The Labute approximate surface area is 248 Å². The second kappa shape index (κ2) is 11.0. The summed E-state index contributed by atoms with van der Waals surface area (Å²) in [7, 11) is 0. The monoisotopic (exact) mass is 633 g/mol. The van der Waals surface area contributed by atoms with E-state index in [9.17, 15) is 19.2 Å². The van der Waals surface area contributed by atoms with Crippen molar-refractivity contribution in [1.82, 2.24) is 19.4 Å². The van der Waals surface area contributed by atoms with E-state index in [0.717, 1.165) is 11.1 Å². The van der Waals surface area contributed by atoms with E-state index in [4.69, 9.17) is 11.6 Å². The molecular weight excluding hydrogens is 610 g/mol. The molecule has 11 heteroatoms. The molecule has 0 spiro atoms. The molecule has 0 bridgehead atoms. The van der Waals surface area contributed by atoms with Crippen LogP contribution in [0.3, 0.4) is 0 Å². The first-order valence-electron chi connectivity index (χ1n) is 13.1. The van der Waals surface area contributed by atoms with Gasteiger partial charge in [0.1, 0.15) is 5.69 Å².